The van der Waals surface area contributed by atoms with E-state index in [1.54, 1.807) is 12.4 Å². The summed E-state index contributed by atoms with van der Waals surface area (Å²) in [5.41, 5.74) is 1.00. The molecule has 1 amide bonds. The number of nitrogens with zero attached hydrogens (tertiary/aromatic N) is 1. The molecular weight excluding hydrogens is 318 g/mol. The van der Waals surface area contributed by atoms with E-state index in [9.17, 15) is 18.7 Å². The number of aliphatic hydroxyl groups is 1. The van der Waals surface area contributed by atoms with Crippen LogP contribution >= 0.6 is 0 Å². The number of amides is 1. The molecule has 128 valence electrons. The Morgan fingerprint density at radius 1 is 1.21 bits per heavy atom. The quantitative estimate of drug-likeness (QED) is 0.772. The molecule has 2 N–H and O–H groups in total. The number of aromatic nitrogens is 1. The molecule has 0 aliphatic heterocycles. The Hall–Kier alpha value is -2.54. The molecule has 1 heterocycles. The van der Waals surface area contributed by atoms with Gasteiger partial charge in [-0.2, -0.15) is 0 Å². The summed E-state index contributed by atoms with van der Waals surface area (Å²) in [5, 5.41) is 12.3. The SMILES string of the molecule is O=C(CCc1ccncc1)NCC(O)COc1ccc(F)c(F)c1. The van der Waals surface area contributed by atoms with Gasteiger partial charge in [0.2, 0.25) is 5.91 Å². The molecule has 1 aromatic carbocycles. The number of ether oxygens (including phenoxy) is 1. The maximum Gasteiger partial charge on any atom is 0.220 e. The van der Waals surface area contributed by atoms with Crippen molar-refractivity contribution in [2.75, 3.05) is 13.2 Å². The fourth-order valence-electron chi connectivity index (χ4n) is 1.95. The summed E-state index contributed by atoms with van der Waals surface area (Å²) >= 11 is 0. The van der Waals surface area contributed by atoms with E-state index >= 15 is 0 Å². The topological polar surface area (TPSA) is 71.5 Å². The molecule has 0 aliphatic rings. The average molecular weight is 336 g/mol. The maximum absolute atomic E-state index is 13.0. The Bertz CT molecular complexity index is 668. The van der Waals surface area contributed by atoms with Gasteiger partial charge in [0.25, 0.3) is 0 Å². The third kappa shape index (κ3) is 5.92. The van der Waals surface area contributed by atoms with Gasteiger partial charge in [-0.3, -0.25) is 9.78 Å². The van der Waals surface area contributed by atoms with Crippen molar-refractivity contribution in [2.24, 2.45) is 0 Å². The Balaban J connectivity index is 1.66. The van der Waals surface area contributed by atoms with Crippen LogP contribution < -0.4 is 10.1 Å². The van der Waals surface area contributed by atoms with Gasteiger partial charge in [0.05, 0.1) is 0 Å². The Morgan fingerprint density at radius 2 is 1.96 bits per heavy atom. The third-order valence-electron chi connectivity index (χ3n) is 3.26. The zero-order valence-electron chi connectivity index (χ0n) is 12.9. The van der Waals surface area contributed by atoms with Crippen molar-refractivity contribution in [1.82, 2.24) is 10.3 Å². The van der Waals surface area contributed by atoms with Crippen molar-refractivity contribution in [3.05, 3.63) is 59.9 Å². The second kappa shape index (κ2) is 8.93. The van der Waals surface area contributed by atoms with Gasteiger partial charge in [-0.05, 0) is 36.2 Å². The first-order valence-electron chi connectivity index (χ1n) is 7.46. The summed E-state index contributed by atoms with van der Waals surface area (Å²) in [6.07, 6.45) is 3.23. The highest BCUT2D eigenvalue weighted by molar-refractivity contribution is 5.76. The molecule has 1 unspecified atom stereocenters. The van der Waals surface area contributed by atoms with Crippen LogP contribution in [0.4, 0.5) is 8.78 Å². The summed E-state index contributed by atoms with van der Waals surface area (Å²) in [6.45, 7) is -0.130. The highest BCUT2D eigenvalue weighted by Gasteiger charge is 2.09. The number of nitrogens with one attached hydrogen (secondary N) is 1. The first kappa shape index (κ1) is 17.8. The second-order valence-electron chi connectivity index (χ2n) is 5.20. The summed E-state index contributed by atoms with van der Waals surface area (Å²) in [6, 6.07) is 6.77. The molecular formula is C17H18F2N2O3. The van der Waals surface area contributed by atoms with Crippen LogP contribution in [0.1, 0.15) is 12.0 Å². The van der Waals surface area contributed by atoms with E-state index < -0.39 is 17.7 Å². The smallest absolute Gasteiger partial charge is 0.220 e. The monoisotopic (exact) mass is 336 g/mol. The molecule has 24 heavy (non-hydrogen) atoms. The first-order chi connectivity index (χ1) is 11.5. The normalized spacial score (nSPS) is 11.8. The lowest BCUT2D eigenvalue weighted by Gasteiger charge is -2.13. The summed E-state index contributed by atoms with van der Waals surface area (Å²) in [5.74, 6) is -2.08. The van der Waals surface area contributed by atoms with Gasteiger partial charge in [0, 0.05) is 31.4 Å². The van der Waals surface area contributed by atoms with Crippen molar-refractivity contribution in [3.8, 4) is 5.75 Å². The van der Waals surface area contributed by atoms with E-state index in [1.807, 2.05) is 12.1 Å². The number of halogens is 2. The number of carbonyl (C=O) groups is 1. The number of aliphatic hydroxyl groups excluding tert-OH is 1. The molecule has 1 atom stereocenters. The van der Waals surface area contributed by atoms with E-state index in [-0.39, 0.29) is 24.8 Å². The standard InChI is InChI=1S/C17H18F2N2O3/c18-15-3-2-14(9-16(15)19)24-11-13(22)10-21-17(23)4-1-12-5-7-20-8-6-12/h2-3,5-9,13,22H,1,4,10-11H2,(H,21,23). The Kier molecular flexibility index (Phi) is 6.62. The highest BCUT2D eigenvalue weighted by atomic mass is 19.2. The van der Waals surface area contributed by atoms with Crippen LogP contribution in [0.3, 0.4) is 0 Å². The fourth-order valence-corrected chi connectivity index (χ4v) is 1.95. The minimum absolute atomic E-state index is 0.0128. The molecule has 0 saturated heterocycles. The van der Waals surface area contributed by atoms with Crippen molar-refractivity contribution < 1.29 is 23.4 Å². The van der Waals surface area contributed by atoms with E-state index in [2.05, 4.69) is 10.3 Å². The molecule has 7 heteroatoms. The summed E-state index contributed by atoms with van der Waals surface area (Å²) in [4.78, 5) is 15.6. The number of hydrogen-bond donors (Lipinski definition) is 2. The van der Waals surface area contributed by atoms with Crippen molar-refractivity contribution in [2.45, 2.75) is 18.9 Å². The zero-order valence-corrected chi connectivity index (χ0v) is 12.9. The van der Waals surface area contributed by atoms with E-state index in [1.165, 1.54) is 6.07 Å². The van der Waals surface area contributed by atoms with Gasteiger partial charge in [0.15, 0.2) is 11.6 Å². The molecule has 0 aliphatic carbocycles. The number of aryl methyl sites for hydroxylation is 1. The van der Waals surface area contributed by atoms with Gasteiger partial charge in [-0.15, -0.1) is 0 Å². The molecule has 2 aromatic rings. The number of pyridine rings is 1. The van der Waals surface area contributed by atoms with Crippen LogP contribution in [0.5, 0.6) is 5.75 Å². The van der Waals surface area contributed by atoms with Crippen molar-refractivity contribution >= 4 is 5.91 Å². The molecule has 0 radical (unpaired) electrons. The largest absolute Gasteiger partial charge is 0.491 e. The lowest BCUT2D eigenvalue weighted by molar-refractivity contribution is -0.121. The van der Waals surface area contributed by atoms with Crippen LogP contribution in [0, 0.1) is 11.6 Å². The van der Waals surface area contributed by atoms with Crippen molar-refractivity contribution in [3.63, 3.8) is 0 Å². The summed E-state index contributed by atoms with van der Waals surface area (Å²) in [7, 11) is 0. The number of carbonyl (C=O) groups excluding carboxylic acids is 1. The zero-order chi connectivity index (χ0) is 17.4. The molecule has 1 aromatic heterocycles. The number of rotatable bonds is 8. The molecule has 0 bridgehead atoms. The highest BCUT2D eigenvalue weighted by Crippen LogP contribution is 2.15. The van der Waals surface area contributed by atoms with E-state index in [4.69, 9.17) is 4.74 Å². The van der Waals surface area contributed by atoms with Gasteiger partial charge in [-0.25, -0.2) is 8.78 Å². The number of benzene rings is 1. The van der Waals surface area contributed by atoms with Gasteiger partial charge >= 0.3 is 0 Å². The fraction of sp³-hybridized carbons (Fsp3) is 0.294. The lowest BCUT2D eigenvalue weighted by Crippen LogP contribution is -2.35. The Morgan fingerprint density at radius 3 is 2.67 bits per heavy atom. The average Bonchev–Trinajstić information content (AvgIpc) is 2.60. The Labute approximate surface area is 138 Å². The van der Waals surface area contributed by atoms with Crippen LogP contribution in [-0.2, 0) is 11.2 Å². The predicted molar refractivity (Wildman–Crippen MR) is 83.4 cm³/mol. The first-order valence-corrected chi connectivity index (χ1v) is 7.46. The maximum atomic E-state index is 13.0. The molecule has 2 rings (SSSR count). The second-order valence-corrected chi connectivity index (χ2v) is 5.20. The minimum Gasteiger partial charge on any atom is -0.491 e. The van der Waals surface area contributed by atoms with Crippen LogP contribution in [0.25, 0.3) is 0 Å². The van der Waals surface area contributed by atoms with E-state index in [0.717, 1.165) is 17.7 Å². The molecule has 0 saturated carbocycles. The minimum atomic E-state index is -1.02. The number of hydrogen-bond acceptors (Lipinski definition) is 4. The van der Waals surface area contributed by atoms with Crippen LogP contribution in [-0.4, -0.2) is 35.3 Å². The van der Waals surface area contributed by atoms with Crippen LogP contribution in [0.15, 0.2) is 42.7 Å². The van der Waals surface area contributed by atoms with Crippen molar-refractivity contribution in [1.29, 1.82) is 0 Å². The van der Waals surface area contributed by atoms with Gasteiger partial charge in [0.1, 0.15) is 18.5 Å². The molecule has 0 spiro atoms. The molecule has 5 nitrogen and oxygen atoms in total. The predicted octanol–water partition coefficient (Wildman–Crippen LogP) is 1.85. The van der Waals surface area contributed by atoms with Crippen LogP contribution in [0.2, 0.25) is 0 Å². The van der Waals surface area contributed by atoms with E-state index in [0.29, 0.717) is 12.8 Å². The third-order valence-corrected chi connectivity index (χ3v) is 3.26. The lowest BCUT2D eigenvalue weighted by atomic mass is 10.1. The molecule has 0 fully saturated rings. The summed E-state index contributed by atoms with van der Waals surface area (Å²) < 4.78 is 30.9. The van der Waals surface area contributed by atoms with Gasteiger partial charge < -0.3 is 15.2 Å². The van der Waals surface area contributed by atoms with Gasteiger partial charge in [-0.1, -0.05) is 0 Å².